The lowest BCUT2D eigenvalue weighted by molar-refractivity contribution is -0.110. The number of nitrogens with one attached hydrogen (secondary N) is 2. The summed E-state index contributed by atoms with van der Waals surface area (Å²) in [5, 5.41) is 5.82. The van der Waals surface area contributed by atoms with Gasteiger partial charge in [-0.1, -0.05) is 19.8 Å². The van der Waals surface area contributed by atoms with Crippen LogP contribution in [0, 0.1) is 0 Å². The van der Waals surface area contributed by atoms with Crippen LogP contribution in [0.25, 0.3) is 0 Å². The largest absolute Gasteiger partial charge is 0.355 e. The van der Waals surface area contributed by atoms with Gasteiger partial charge in [-0.05, 0) is 13.5 Å². The molecule has 0 aromatic carbocycles. The van der Waals surface area contributed by atoms with Crippen molar-refractivity contribution in [2.24, 2.45) is 0 Å². The van der Waals surface area contributed by atoms with Crippen molar-refractivity contribution in [1.82, 2.24) is 10.6 Å². The van der Waals surface area contributed by atoms with Gasteiger partial charge in [0, 0.05) is 12.6 Å². The van der Waals surface area contributed by atoms with Crippen LogP contribution in [0.4, 0.5) is 0 Å². The average Bonchev–Trinajstić information content (AvgIpc) is 2.01. The summed E-state index contributed by atoms with van der Waals surface area (Å²) in [7, 11) is 1.89. The Kier molecular flexibility index (Phi) is 7.15. The van der Waals surface area contributed by atoms with Crippen LogP contribution in [0.5, 0.6) is 0 Å². The fourth-order valence-electron chi connectivity index (χ4n) is 1.04. The van der Waals surface area contributed by atoms with Gasteiger partial charge in [-0.3, -0.25) is 4.79 Å². The van der Waals surface area contributed by atoms with Crippen molar-refractivity contribution in [3.63, 3.8) is 0 Å². The number of hydrogen-bond donors (Lipinski definition) is 2. The Bertz CT molecular complexity index is 96.1. The van der Waals surface area contributed by atoms with Crippen molar-refractivity contribution in [2.45, 2.75) is 32.2 Å². The first-order valence-corrected chi connectivity index (χ1v) is 4.19. The summed E-state index contributed by atoms with van der Waals surface area (Å²) in [5.41, 5.74) is 0. The molecule has 0 saturated heterocycles. The summed E-state index contributed by atoms with van der Waals surface area (Å²) in [4.78, 5) is 10.1. The predicted octanol–water partition coefficient (Wildman–Crippen LogP) is 0.511. The van der Waals surface area contributed by atoms with Crippen LogP contribution in [0.2, 0.25) is 0 Å². The number of likely N-dealkylation sites (N-methyl/N-ethyl adjacent to an activating group) is 1. The molecule has 1 amide bonds. The third-order valence-corrected chi connectivity index (χ3v) is 1.66. The second-order valence-corrected chi connectivity index (χ2v) is 2.68. The Morgan fingerprint density at radius 2 is 2.27 bits per heavy atom. The number of rotatable bonds is 7. The summed E-state index contributed by atoms with van der Waals surface area (Å²) in [6.45, 7) is 3.01. The van der Waals surface area contributed by atoms with Crippen LogP contribution in [0.1, 0.15) is 26.2 Å². The van der Waals surface area contributed by atoms with E-state index < -0.39 is 0 Å². The van der Waals surface area contributed by atoms with Crippen molar-refractivity contribution in [2.75, 3.05) is 13.6 Å². The molecule has 0 aromatic rings. The Balaban J connectivity index is 3.41. The van der Waals surface area contributed by atoms with Gasteiger partial charge in [0.05, 0.1) is 0 Å². The second-order valence-electron chi connectivity index (χ2n) is 2.68. The molecule has 3 heteroatoms. The normalized spacial score (nSPS) is 12.5. The zero-order valence-corrected chi connectivity index (χ0v) is 7.39. The molecule has 2 N–H and O–H groups in total. The van der Waals surface area contributed by atoms with Crippen molar-refractivity contribution in [3.05, 3.63) is 0 Å². The quantitative estimate of drug-likeness (QED) is 0.530. The maximum Gasteiger partial charge on any atom is 0.207 e. The van der Waals surface area contributed by atoms with Crippen molar-refractivity contribution >= 4 is 6.41 Å². The van der Waals surface area contributed by atoms with Gasteiger partial charge in [0.15, 0.2) is 0 Å². The Morgan fingerprint density at radius 1 is 1.55 bits per heavy atom. The summed E-state index contributed by atoms with van der Waals surface area (Å²) in [6, 6.07) is 0.303. The smallest absolute Gasteiger partial charge is 0.207 e. The van der Waals surface area contributed by atoms with E-state index >= 15 is 0 Å². The van der Waals surface area contributed by atoms with Crippen LogP contribution in [0.3, 0.4) is 0 Å². The lowest BCUT2D eigenvalue weighted by atomic mass is 10.1. The van der Waals surface area contributed by atoms with Crippen molar-refractivity contribution < 1.29 is 4.79 Å². The van der Waals surface area contributed by atoms with Crippen LogP contribution in [0.15, 0.2) is 0 Å². The number of unbranched alkanes of at least 4 members (excludes halogenated alkanes) is 1. The van der Waals surface area contributed by atoms with E-state index in [1.807, 2.05) is 7.05 Å². The highest BCUT2D eigenvalue weighted by Gasteiger charge is 2.03. The highest BCUT2D eigenvalue weighted by Crippen LogP contribution is 1.98. The molecule has 11 heavy (non-hydrogen) atoms. The molecule has 66 valence electrons. The molecule has 0 aliphatic rings. The average molecular weight is 158 g/mol. The van der Waals surface area contributed by atoms with Gasteiger partial charge in [-0.2, -0.15) is 0 Å². The van der Waals surface area contributed by atoms with Gasteiger partial charge in [0.1, 0.15) is 0 Å². The van der Waals surface area contributed by atoms with Crippen LogP contribution >= 0.6 is 0 Å². The third-order valence-electron chi connectivity index (χ3n) is 1.66. The van der Waals surface area contributed by atoms with Crippen molar-refractivity contribution in [1.29, 1.82) is 0 Å². The van der Waals surface area contributed by atoms with Crippen molar-refractivity contribution in [3.8, 4) is 0 Å². The van der Waals surface area contributed by atoms with E-state index in [1.54, 1.807) is 0 Å². The molecule has 0 spiro atoms. The monoisotopic (exact) mass is 158 g/mol. The minimum absolute atomic E-state index is 0.303. The Hall–Kier alpha value is -0.570. The third kappa shape index (κ3) is 5.85. The maximum absolute atomic E-state index is 10.1. The van der Waals surface area contributed by atoms with E-state index in [9.17, 15) is 4.79 Å². The lowest BCUT2D eigenvalue weighted by Gasteiger charge is -2.14. The number of carbonyl (C=O) groups excluding carboxylic acids is 1. The Labute approximate surface area is 68.6 Å². The van der Waals surface area contributed by atoms with E-state index in [-0.39, 0.29) is 0 Å². The van der Waals surface area contributed by atoms with E-state index in [4.69, 9.17) is 0 Å². The standard InChI is InChI=1S/C8H18N2O/c1-3-4-5-8(6-9-2)10-7-11/h7-9H,3-6H2,1-2H3,(H,10,11)/t8-/m0/s1. The zero-order valence-electron chi connectivity index (χ0n) is 7.39. The molecule has 0 fully saturated rings. The van der Waals surface area contributed by atoms with Gasteiger partial charge in [-0.25, -0.2) is 0 Å². The topological polar surface area (TPSA) is 41.1 Å². The molecule has 0 unspecified atom stereocenters. The first-order valence-electron chi connectivity index (χ1n) is 4.19. The number of hydrogen-bond acceptors (Lipinski definition) is 2. The molecular weight excluding hydrogens is 140 g/mol. The highest BCUT2D eigenvalue weighted by molar-refractivity contribution is 5.46. The summed E-state index contributed by atoms with van der Waals surface area (Å²) in [5.74, 6) is 0. The maximum atomic E-state index is 10.1. The van der Waals surface area contributed by atoms with E-state index in [1.165, 1.54) is 12.8 Å². The molecule has 0 aliphatic heterocycles. The molecule has 0 saturated carbocycles. The molecule has 0 bridgehead atoms. The minimum atomic E-state index is 0.303. The molecule has 0 radical (unpaired) electrons. The zero-order chi connectivity index (χ0) is 8.53. The molecule has 1 atom stereocenters. The van der Waals surface area contributed by atoms with Crippen LogP contribution in [-0.2, 0) is 4.79 Å². The molecule has 3 nitrogen and oxygen atoms in total. The van der Waals surface area contributed by atoms with Crippen LogP contribution in [-0.4, -0.2) is 26.0 Å². The van der Waals surface area contributed by atoms with Gasteiger partial charge in [0.2, 0.25) is 6.41 Å². The minimum Gasteiger partial charge on any atom is -0.355 e. The van der Waals surface area contributed by atoms with E-state index in [0.29, 0.717) is 6.04 Å². The molecular formula is C8H18N2O. The first kappa shape index (κ1) is 10.4. The van der Waals surface area contributed by atoms with E-state index in [2.05, 4.69) is 17.6 Å². The van der Waals surface area contributed by atoms with Crippen LogP contribution < -0.4 is 10.6 Å². The SMILES string of the molecule is CCCC[C@@H](CNC)NC=O. The number of amides is 1. The van der Waals surface area contributed by atoms with Gasteiger partial charge < -0.3 is 10.6 Å². The van der Waals surface area contributed by atoms with Gasteiger partial charge in [-0.15, -0.1) is 0 Å². The molecule has 0 aliphatic carbocycles. The second kappa shape index (κ2) is 7.54. The molecule has 0 rings (SSSR count). The molecule has 0 heterocycles. The lowest BCUT2D eigenvalue weighted by Crippen LogP contribution is -2.36. The summed E-state index contributed by atoms with van der Waals surface area (Å²) < 4.78 is 0. The van der Waals surface area contributed by atoms with E-state index in [0.717, 1.165) is 19.4 Å². The fourth-order valence-corrected chi connectivity index (χ4v) is 1.04. The summed E-state index contributed by atoms with van der Waals surface area (Å²) >= 11 is 0. The first-order chi connectivity index (χ1) is 5.35. The van der Waals surface area contributed by atoms with Gasteiger partial charge in [0.25, 0.3) is 0 Å². The highest BCUT2D eigenvalue weighted by atomic mass is 16.1. The fraction of sp³-hybridized carbons (Fsp3) is 0.875. The number of carbonyl (C=O) groups is 1. The predicted molar refractivity (Wildman–Crippen MR) is 46.4 cm³/mol. The Morgan fingerprint density at radius 3 is 2.73 bits per heavy atom. The molecule has 0 aromatic heterocycles. The summed E-state index contributed by atoms with van der Waals surface area (Å²) in [6.07, 6.45) is 4.20. The van der Waals surface area contributed by atoms with Gasteiger partial charge >= 0.3 is 0 Å².